The van der Waals surface area contributed by atoms with E-state index in [1.165, 1.54) is 0 Å². The Hall–Kier alpha value is -2.59. The van der Waals surface area contributed by atoms with Crippen LogP contribution in [-0.2, 0) is 6.42 Å². The summed E-state index contributed by atoms with van der Waals surface area (Å²) in [6.45, 7) is 4.04. The summed E-state index contributed by atoms with van der Waals surface area (Å²) in [5.41, 5.74) is 4.33. The highest BCUT2D eigenvalue weighted by Gasteiger charge is 2.21. The van der Waals surface area contributed by atoms with Crippen LogP contribution in [0, 0.1) is 6.92 Å². The van der Waals surface area contributed by atoms with Crippen molar-refractivity contribution >= 4 is 23.2 Å². The number of nitrogens with zero attached hydrogens (tertiary/aromatic N) is 3. The molecule has 0 fully saturated rings. The van der Waals surface area contributed by atoms with Crippen LogP contribution in [0.5, 0.6) is 0 Å². The molecule has 3 aromatic rings. The summed E-state index contributed by atoms with van der Waals surface area (Å²) in [5.74, 6) is -0.0750. The van der Waals surface area contributed by atoms with Gasteiger partial charge in [-0.1, -0.05) is 42.3 Å². The summed E-state index contributed by atoms with van der Waals surface area (Å²) in [6, 6.07) is 15.3. The topological polar surface area (TPSA) is 38.1 Å². The molecule has 0 bridgehead atoms. The molecule has 0 saturated heterocycles. The number of anilines is 1. The van der Waals surface area contributed by atoms with Gasteiger partial charge in [-0.05, 0) is 43.7 Å². The van der Waals surface area contributed by atoms with Crippen molar-refractivity contribution in [1.82, 2.24) is 9.78 Å². The lowest BCUT2D eigenvalue weighted by molar-refractivity contribution is 0.0992. The number of aryl methyl sites for hydroxylation is 1. The second-order valence-electron chi connectivity index (χ2n) is 5.95. The van der Waals surface area contributed by atoms with Crippen LogP contribution in [0.4, 0.5) is 5.69 Å². The van der Waals surface area contributed by atoms with Crippen LogP contribution in [0.25, 0.3) is 5.69 Å². The molecule has 1 aromatic heterocycles. The van der Waals surface area contributed by atoms with Gasteiger partial charge in [-0.25, -0.2) is 4.68 Å². The zero-order valence-corrected chi connectivity index (χ0v) is 15.3. The third kappa shape index (κ3) is 3.44. The van der Waals surface area contributed by atoms with Crippen LogP contribution in [0.15, 0.2) is 54.7 Å². The first kappa shape index (κ1) is 17.2. The standard InChI is InChI=1S/C20H20ClN3O/c1-4-19-18(13-22-24(19)17-7-5-6-15(21)12-17)20(25)23(3)16-10-8-14(2)9-11-16/h5-13H,4H2,1-3H3. The molecule has 1 heterocycles. The smallest absolute Gasteiger partial charge is 0.261 e. The molecule has 0 saturated carbocycles. The summed E-state index contributed by atoms with van der Waals surface area (Å²) in [4.78, 5) is 14.6. The Bertz CT molecular complexity index is 900. The fourth-order valence-electron chi connectivity index (χ4n) is 2.79. The van der Waals surface area contributed by atoms with Crippen LogP contribution in [0.3, 0.4) is 0 Å². The fourth-order valence-corrected chi connectivity index (χ4v) is 2.97. The lowest BCUT2D eigenvalue weighted by Crippen LogP contribution is -2.27. The van der Waals surface area contributed by atoms with Gasteiger partial charge in [0.2, 0.25) is 0 Å². The average molecular weight is 354 g/mol. The molecule has 3 rings (SSSR count). The van der Waals surface area contributed by atoms with Gasteiger partial charge >= 0.3 is 0 Å². The van der Waals surface area contributed by atoms with E-state index in [9.17, 15) is 4.79 Å². The van der Waals surface area contributed by atoms with Crippen molar-refractivity contribution in [2.45, 2.75) is 20.3 Å². The molecule has 4 nitrogen and oxygen atoms in total. The van der Waals surface area contributed by atoms with Crippen molar-refractivity contribution in [3.05, 3.63) is 76.6 Å². The minimum Gasteiger partial charge on any atom is -0.311 e. The molecule has 0 N–H and O–H groups in total. The van der Waals surface area contributed by atoms with E-state index in [-0.39, 0.29) is 5.91 Å². The van der Waals surface area contributed by atoms with E-state index in [1.54, 1.807) is 22.8 Å². The highest BCUT2D eigenvalue weighted by atomic mass is 35.5. The number of hydrogen-bond acceptors (Lipinski definition) is 2. The van der Waals surface area contributed by atoms with Crippen LogP contribution in [0.1, 0.15) is 28.5 Å². The normalized spacial score (nSPS) is 10.7. The number of carbonyl (C=O) groups is 1. The first-order valence-corrected chi connectivity index (χ1v) is 8.56. The molecule has 2 aromatic carbocycles. The number of carbonyl (C=O) groups excluding carboxylic acids is 1. The van der Waals surface area contributed by atoms with Crippen LogP contribution < -0.4 is 4.90 Å². The molecular weight excluding hydrogens is 334 g/mol. The Kier molecular flexibility index (Phi) is 4.91. The third-order valence-electron chi connectivity index (χ3n) is 4.21. The molecule has 25 heavy (non-hydrogen) atoms. The number of benzene rings is 2. The van der Waals surface area contributed by atoms with Gasteiger partial charge in [0.25, 0.3) is 5.91 Å². The highest BCUT2D eigenvalue weighted by molar-refractivity contribution is 6.30. The van der Waals surface area contributed by atoms with Crippen molar-refractivity contribution in [1.29, 1.82) is 0 Å². The van der Waals surface area contributed by atoms with Gasteiger partial charge in [0.15, 0.2) is 0 Å². The SMILES string of the molecule is CCc1c(C(=O)N(C)c2ccc(C)cc2)cnn1-c1cccc(Cl)c1. The number of amides is 1. The summed E-state index contributed by atoms with van der Waals surface area (Å²) < 4.78 is 1.78. The van der Waals surface area contributed by atoms with Gasteiger partial charge in [0.1, 0.15) is 0 Å². The zero-order chi connectivity index (χ0) is 18.0. The van der Waals surface area contributed by atoms with Gasteiger partial charge in [0.05, 0.1) is 23.1 Å². The quantitative estimate of drug-likeness (QED) is 0.683. The van der Waals surface area contributed by atoms with Gasteiger partial charge in [0, 0.05) is 17.8 Å². The number of halogens is 1. The minimum absolute atomic E-state index is 0.0750. The highest BCUT2D eigenvalue weighted by Crippen LogP contribution is 2.22. The lowest BCUT2D eigenvalue weighted by atomic mass is 10.1. The third-order valence-corrected chi connectivity index (χ3v) is 4.45. The maximum atomic E-state index is 13.0. The van der Waals surface area contributed by atoms with E-state index in [0.29, 0.717) is 17.0 Å². The predicted octanol–water partition coefficient (Wildman–Crippen LogP) is 4.67. The Balaban J connectivity index is 1.97. The summed E-state index contributed by atoms with van der Waals surface area (Å²) >= 11 is 6.09. The molecule has 1 amide bonds. The molecule has 0 aliphatic rings. The molecule has 0 atom stereocenters. The van der Waals surface area contributed by atoms with Crippen LogP contribution in [-0.4, -0.2) is 22.7 Å². The Labute approximate surface area is 152 Å². The van der Waals surface area contributed by atoms with E-state index >= 15 is 0 Å². The van der Waals surface area contributed by atoms with E-state index in [1.807, 2.05) is 62.4 Å². The van der Waals surface area contributed by atoms with E-state index in [2.05, 4.69) is 5.10 Å². The molecule has 0 aliphatic heterocycles. The van der Waals surface area contributed by atoms with E-state index in [4.69, 9.17) is 11.6 Å². The van der Waals surface area contributed by atoms with Gasteiger partial charge in [-0.2, -0.15) is 5.10 Å². The molecule has 0 aliphatic carbocycles. The molecular formula is C20H20ClN3O. The zero-order valence-electron chi connectivity index (χ0n) is 14.5. The van der Waals surface area contributed by atoms with E-state index in [0.717, 1.165) is 22.6 Å². The summed E-state index contributed by atoms with van der Waals surface area (Å²) in [5, 5.41) is 5.06. The number of rotatable bonds is 4. The molecule has 5 heteroatoms. The van der Waals surface area contributed by atoms with Crippen molar-refractivity contribution < 1.29 is 4.79 Å². The van der Waals surface area contributed by atoms with Crippen LogP contribution >= 0.6 is 11.6 Å². The predicted molar refractivity (Wildman–Crippen MR) is 102 cm³/mol. The van der Waals surface area contributed by atoms with Gasteiger partial charge in [-0.15, -0.1) is 0 Å². The Morgan fingerprint density at radius 2 is 1.92 bits per heavy atom. The molecule has 128 valence electrons. The Morgan fingerprint density at radius 1 is 1.20 bits per heavy atom. The molecule has 0 spiro atoms. The lowest BCUT2D eigenvalue weighted by Gasteiger charge is -2.18. The fraction of sp³-hybridized carbons (Fsp3) is 0.200. The van der Waals surface area contributed by atoms with Gasteiger partial charge in [-0.3, -0.25) is 4.79 Å². The first-order valence-electron chi connectivity index (χ1n) is 8.19. The Morgan fingerprint density at radius 3 is 2.56 bits per heavy atom. The van der Waals surface area contributed by atoms with Crippen molar-refractivity contribution in [3.63, 3.8) is 0 Å². The van der Waals surface area contributed by atoms with Gasteiger partial charge < -0.3 is 4.90 Å². The molecule has 0 radical (unpaired) electrons. The van der Waals surface area contributed by atoms with Crippen molar-refractivity contribution in [2.75, 3.05) is 11.9 Å². The van der Waals surface area contributed by atoms with Crippen molar-refractivity contribution in [3.8, 4) is 5.69 Å². The monoisotopic (exact) mass is 353 g/mol. The summed E-state index contributed by atoms with van der Waals surface area (Å²) in [6.07, 6.45) is 2.32. The van der Waals surface area contributed by atoms with E-state index < -0.39 is 0 Å². The second-order valence-corrected chi connectivity index (χ2v) is 6.39. The molecule has 0 unspecified atom stereocenters. The minimum atomic E-state index is -0.0750. The average Bonchev–Trinajstić information content (AvgIpc) is 3.05. The number of hydrogen-bond donors (Lipinski definition) is 0. The maximum Gasteiger partial charge on any atom is 0.261 e. The number of aromatic nitrogens is 2. The van der Waals surface area contributed by atoms with Crippen molar-refractivity contribution in [2.24, 2.45) is 0 Å². The largest absolute Gasteiger partial charge is 0.311 e. The second kappa shape index (κ2) is 7.11. The first-order chi connectivity index (χ1) is 12.0. The maximum absolute atomic E-state index is 13.0. The van der Waals surface area contributed by atoms with Crippen LogP contribution in [0.2, 0.25) is 5.02 Å². The summed E-state index contributed by atoms with van der Waals surface area (Å²) in [7, 11) is 1.78.